The van der Waals surface area contributed by atoms with Crippen LogP contribution >= 0.6 is 0 Å². The largest absolute Gasteiger partial charge is 0.350 e. The minimum absolute atomic E-state index is 0.205. The number of rotatable bonds is 4. The van der Waals surface area contributed by atoms with Crippen LogP contribution in [0.15, 0.2) is 72.8 Å². The van der Waals surface area contributed by atoms with Crippen LogP contribution in [0.2, 0.25) is 0 Å². The molecule has 2 amide bonds. The van der Waals surface area contributed by atoms with Crippen LogP contribution < -0.4 is 10.2 Å². The van der Waals surface area contributed by atoms with Crippen LogP contribution in [0.3, 0.4) is 0 Å². The van der Waals surface area contributed by atoms with E-state index < -0.39 is 5.54 Å². The molecule has 0 saturated carbocycles. The van der Waals surface area contributed by atoms with E-state index in [1.807, 2.05) is 98.1 Å². The maximum absolute atomic E-state index is 13.9. The van der Waals surface area contributed by atoms with Crippen LogP contribution in [0.5, 0.6) is 0 Å². The van der Waals surface area contributed by atoms with Gasteiger partial charge in [-0.1, -0.05) is 60.2 Å². The Hall–Kier alpha value is -3.93. The molecule has 1 atom stereocenters. The fraction of sp³-hybridized carbons (Fsp3) is 0.222. The average Bonchev–Trinajstić information content (AvgIpc) is 3.18. The maximum Gasteiger partial charge on any atom is 0.295 e. The highest BCUT2D eigenvalue weighted by atomic mass is 16.2. The predicted molar refractivity (Wildman–Crippen MR) is 129 cm³/mol. The number of carbonyl (C=O) groups excluding carboxylic acids is 2. The number of hydrogen-bond donors (Lipinski definition) is 1. The second-order valence-corrected chi connectivity index (χ2v) is 8.88. The highest BCUT2D eigenvalue weighted by Crippen LogP contribution is 2.36. The molecule has 5 rings (SSSR count). The molecule has 0 aliphatic carbocycles. The molecule has 0 fully saturated rings. The fourth-order valence-corrected chi connectivity index (χ4v) is 4.68. The van der Waals surface area contributed by atoms with E-state index in [-0.39, 0.29) is 11.8 Å². The molecule has 1 aromatic heterocycles. The van der Waals surface area contributed by atoms with Crippen molar-refractivity contribution in [1.82, 2.24) is 14.9 Å². The summed E-state index contributed by atoms with van der Waals surface area (Å²) in [7, 11) is 0. The summed E-state index contributed by atoms with van der Waals surface area (Å²) >= 11 is 0. The summed E-state index contributed by atoms with van der Waals surface area (Å²) in [6.07, 6.45) is 0. The van der Waals surface area contributed by atoms with Gasteiger partial charge in [0, 0.05) is 12.2 Å². The van der Waals surface area contributed by atoms with Gasteiger partial charge in [-0.25, -0.2) is 4.98 Å². The number of aromatic nitrogens is 2. The predicted octanol–water partition coefficient (Wildman–Crippen LogP) is 4.39. The van der Waals surface area contributed by atoms with Gasteiger partial charge >= 0.3 is 0 Å². The molecule has 6 heteroatoms. The van der Waals surface area contributed by atoms with E-state index >= 15 is 0 Å². The minimum Gasteiger partial charge on any atom is -0.350 e. The number of carbonyl (C=O) groups is 2. The molecule has 166 valence electrons. The Morgan fingerprint density at radius 1 is 1.03 bits per heavy atom. The molecule has 4 aromatic rings. The van der Waals surface area contributed by atoms with Crippen LogP contribution in [0.1, 0.15) is 34.2 Å². The maximum atomic E-state index is 13.9. The summed E-state index contributed by atoms with van der Waals surface area (Å²) < 4.78 is 1.87. The molecule has 0 bridgehead atoms. The van der Waals surface area contributed by atoms with Gasteiger partial charge in [-0.2, -0.15) is 0 Å². The van der Waals surface area contributed by atoms with Crippen molar-refractivity contribution in [2.24, 2.45) is 0 Å². The van der Waals surface area contributed by atoms with Crippen molar-refractivity contribution in [2.45, 2.75) is 39.4 Å². The van der Waals surface area contributed by atoms with Crippen LogP contribution in [0.25, 0.3) is 11.0 Å². The molecule has 0 saturated heterocycles. The lowest BCUT2D eigenvalue weighted by atomic mass is 9.93. The van der Waals surface area contributed by atoms with Crippen LogP contribution in [0.4, 0.5) is 5.69 Å². The Bertz CT molecular complexity index is 1380. The first-order valence-electron chi connectivity index (χ1n) is 11.1. The van der Waals surface area contributed by atoms with Crippen LogP contribution in [0, 0.1) is 13.8 Å². The molecule has 2 heterocycles. The summed E-state index contributed by atoms with van der Waals surface area (Å²) in [5.41, 5.74) is 4.23. The van der Waals surface area contributed by atoms with Gasteiger partial charge in [0.15, 0.2) is 0 Å². The Kier molecular flexibility index (Phi) is 5.01. The SMILES string of the molecule is Cc1ccc(N2C(=O)c3nc4ccccc4n3CC2(C)C(=O)NCc2ccccc2)c(C)c1. The highest BCUT2D eigenvalue weighted by Gasteiger charge is 2.49. The molecule has 1 unspecified atom stereocenters. The Morgan fingerprint density at radius 2 is 1.76 bits per heavy atom. The Balaban J connectivity index is 1.62. The topological polar surface area (TPSA) is 67.2 Å². The van der Waals surface area contributed by atoms with Crippen molar-refractivity contribution < 1.29 is 9.59 Å². The molecule has 0 radical (unpaired) electrons. The van der Waals surface area contributed by atoms with E-state index in [2.05, 4.69) is 10.3 Å². The van der Waals surface area contributed by atoms with Crippen molar-refractivity contribution in [2.75, 3.05) is 4.90 Å². The van der Waals surface area contributed by atoms with Gasteiger partial charge < -0.3 is 9.88 Å². The zero-order chi connectivity index (χ0) is 23.2. The molecule has 3 aromatic carbocycles. The zero-order valence-electron chi connectivity index (χ0n) is 19.0. The van der Waals surface area contributed by atoms with Crippen molar-refractivity contribution >= 4 is 28.5 Å². The monoisotopic (exact) mass is 438 g/mol. The Morgan fingerprint density at radius 3 is 2.52 bits per heavy atom. The van der Waals surface area contributed by atoms with Gasteiger partial charge in [0.25, 0.3) is 5.91 Å². The van der Waals surface area contributed by atoms with Gasteiger partial charge in [0.2, 0.25) is 11.7 Å². The average molecular weight is 439 g/mol. The van der Waals surface area contributed by atoms with Gasteiger partial charge in [0.1, 0.15) is 5.54 Å². The quantitative estimate of drug-likeness (QED) is 0.514. The summed E-state index contributed by atoms with van der Waals surface area (Å²) in [6, 6.07) is 23.3. The second-order valence-electron chi connectivity index (χ2n) is 8.88. The number of fused-ring (bicyclic) bond motifs is 3. The molecule has 1 aliphatic heterocycles. The highest BCUT2D eigenvalue weighted by molar-refractivity contribution is 6.12. The fourth-order valence-electron chi connectivity index (χ4n) is 4.68. The normalized spacial score (nSPS) is 17.8. The Labute approximate surface area is 192 Å². The van der Waals surface area contributed by atoms with E-state index in [0.717, 1.165) is 33.4 Å². The van der Waals surface area contributed by atoms with Gasteiger partial charge in [-0.15, -0.1) is 0 Å². The van der Waals surface area contributed by atoms with Crippen molar-refractivity contribution in [3.8, 4) is 0 Å². The zero-order valence-corrected chi connectivity index (χ0v) is 19.0. The standard InChI is InChI=1S/C27H26N4O2/c1-18-13-14-22(19(2)15-18)31-25(32)24-29-21-11-7-8-12-23(21)30(24)17-27(31,3)26(33)28-16-20-9-5-4-6-10-20/h4-15H,16-17H2,1-3H3,(H,28,33). The van der Waals surface area contributed by atoms with E-state index in [9.17, 15) is 9.59 Å². The number of aryl methyl sites for hydroxylation is 2. The van der Waals surface area contributed by atoms with Crippen molar-refractivity contribution in [3.63, 3.8) is 0 Å². The molecule has 0 spiro atoms. The minimum atomic E-state index is -1.14. The lowest BCUT2D eigenvalue weighted by Crippen LogP contribution is -2.64. The van der Waals surface area contributed by atoms with Crippen LogP contribution in [-0.4, -0.2) is 26.9 Å². The number of amides is 2. The van der Waals surface area contributed by atoms with E-state index in [1.54, 1.807) is 4.90 Å². The summed E-state index contributed by atoms with van der Waals surface area (Å²) in [5, 5.41) is 3.06. The third-order valence-electron chi connectivity index (χ3n) is 6.39. The third kappa shape index (κ3) is 3.48. The lowest BCUT2D eigenvalue weighted by molar-refractivity contribution is -0.126. The smallest absolute Gasteiger partial charge is 0.295 e. The second kappa shape index (κ2) is 7.89. The third-order valence-corrected chi connectivity index (χ3v) is 6.39. The molecule has 1 N–H and O–H groups in total. The number of nitrogens with zero attached hydrogens (tertiary/aromatic N) is 3. The number of hydrogen-bond acceptors (Lipinski definition) is 3. The van der Waals surface area contributed by atoms with Gasteiger partial charge in [0.05, 0.1) is 17.6 Å². The summed E-state index contributed by atoms with van der Waals surface area (Å²) in [4.78, 5) is 33.9. The number of nitrogens with one attached hydrogen (secondary N) is 1. The van der Waals surface area contributed by atoms with Crippen molar-refractivity contribution in [1.29, 1.82) is 0 Å². The molecule has 33 heavy (non-hydrogen) atoms. The summed E-state index contributed by atoms with van der Waals surface area (Å²) in [6.45, 7) is 6.52. The van der Waals surface area contributed by atoms with E-state index in [4.69, 9.17) is 0 Å². The van der Waals surface area contributed by atoms with Gasteiger partial charge in [-0.05, 0) is 50.1 Å². The van der Waals surface area contributed by atoms with E-state index in [0.29, 0.717) is 18.9 Å². The first kappa shape index (κ1) is 20.9. The summed E-state index contributed by atoms with van der Waals surface area (Å²) in [5.74, 6) is -0.130. The molecule has 6 nitrogen and oxygen atoms in total. The number of anilines is 1. The number of para-hydroxylation sites is 2. The van der Waals surface area contributed by atoms with E-state index in [1.165, 1.54) is 0 Å². The molecule has 1 aliphatic rings. The number of imidazole rings is 1. The van der Waals surface area contributed by atoms with Crippen LogP contribution in [-0.2, 0) is 17.9 Å². The first-order chi connectivity index (χ1) is 15.9. The lowest BCUT2D eigenvalue weighted by Gasteiger charge is -2.44. The first-order valence-corrected chi connectivity index (χ1v) is 11.1. The van der Waals surface area contributed by atoms with Gasteiger partial charge in [-0.3, -0.25) is 14.5 Å². The number of benzene rings is 3. The molecular weight excluding hydrogens is 412 g/mol. The van der Waals surface area contributed by atoms with Crippen molar-refractivity contribution in [3.05, 3.63) is 95.3 Å². The molecular formula is C27H26N4O2.